The van der Waals surface area contributed by atoms with Crippen molar-refractivity contribution in [2.75, 3.05) is 6.61 Å². The van der Waals surface area contributed by atoms with Gasteiger partial charge in [0.25, 0.3) is 0 Å². The molecule has 2 N–H and O–H groups in total. The van der Waals surface area contributed by atoms with Crippen LogP contribution in [0.1, 0.15) is 52.4 Å². The van der Waals surface area contributed by atoms with Crippen LogP contribution in [-0.4, -0.2) is 34.5 Å². The molecule has 0 aromatic rings. The lowest BCUT2D eigenvalue weighted by molar-refractivity contribution is -0.152. The van der Waals surface area contributed by atoms with Crippen molar-refractivity contribution in [1.29, 1.82) is 0 Å². The van der Waals surface area contributed by atoms with Crippen LogP contribution in [0, 0.1) is 46.3 Å². The minimum absolute atomic E-state index is 0.0148. The Morgan fingerprint density at radius 3 is 2.69 bits per heavy atom. The quantitative estimate of drug-likeness (QED) is 0.795. The average Bonchev–Trinajstić information content (AvgIpc) is 3.29. The van der Waals surface area contributed by atoms with Gasteiger partial charge in [-0.05, 0) is 78.6 Å². The Bertz CT molecular complexity index is 711. The molecule has 5 rings (SSSR count). The Morgan fingerprint density at radius 1 is 1.19 bits per heavy atom. The van der Waals surface area contributed by atoms with Crippen molar-refractivity contribution < 1.29 is 19.8 Å². The molecule has 0 aromatic heterocycles. The van der Waals surface area contributed by atoms with Crippen LogP contribution in [0.15, 0.2) is 11.6 Å². The number of carbonyl (C=O) groups is 2. The highest BCUT2D eigenvalue weighted by Gasteiger charge is 2.72. The number of Topliss-reactive ketones (excluding diaryl/α,β-unsaturated/α-hetero) is 1. The minimum atomic E-state index is -0.422. The molecular formula is C22H30O4. The molecule has 5 aliphatic carbocycles. The summed E-state index contributed by atoms with van der Waals surface area (Å²) in [7, 11) is 0. The topological polar surface area (TPSA) is 74.6 Å². The van der Waals surface area contributed by atoms with E-state index in [0.29, 0.717) is 36.5 Å². The molecular weight excluding hydrogens is 328 g/mol. The van der Waals surface area contributed by atoms with Gasteiger partial charge in [-0.1, -0.05) is 19.4 Å². The number of hydrogen-bond donors (Lipinski definition) is 2. The van der Waals surface area contributed by atoms with E-state index in [4.69, 9.17) is 0 Å². The maximum Gasteiger partial charge on any atom is 0.162 e. The summed E-state index contributed by atoms with van der Waals surface area (Å²) in [5.74, 6) is 2.30. The first kappa shape index (κ1) is 17.1. The summed E-state index contributed by atoms with van der Waals surface area (Å²) in [5, 5.41) is 20.8. The predicted molar refractivity (Wildman–Crippen MR) is 96.0 cm³/mol. The van der Waals surface area contributed by atoms with Crippen LogP contribution in [0.3, 0.4) is 0 Å². The molecule has 0 aliphatic heterocycles. The van der Waals surface area contributed by atoms with Gasteiger partial charge < -0.3 is 10.2 Å². The SMILES string of the molecule is C[C@]12C[C@H](O)[C@H]3[C@@H](CCC4=CC(=O)CC[C@@]43C)[C@@H]1[C@H]1C[C@H]1[C@@H]2C(=O)CO. The van der Waals surface area contributed by atoms with Gasteiger partial charge in [0, 0.05) is 12.3 Å². The largest absolute Gasteiger partial charge is 0.393 e. The molecule has 4 saturated carbocycles. The Kier molecular flexibility index (Phi) is 3.48. The Morgan fingerprint density at radius 2 is 1.96 bits per heavy atom. The lowest BCUT2D eigenvalue weighted by Gasteiger charge is -2.60. The normalized spacial score (nSPS) is 54.5. The van der Waals surface area contributed by atoms with E-state index < -0.39 is 6.10 Å². The second kappa shape index (κ2) is 5.29. The third kappa shape index (κ3) is 1.98. The number of fused-ring (bicyclic) bond motifs is 7. The summed E-state index contributed by atoms with van der Waals surface area (Å²) < 4.78 is 0. The van der Waals surface area contributed by atoms with Crippen molar-refractivity contribution in [3.8, 4) is 0 Å². The third-order valence-electron chi connectivity index (χ3n) is 9.18. The van der Waals surface area contributed by atoms with E-state index in [0.717, 1.165) is 25.7 Å². The standard InChI is InChI=1S/C22H30O4/c1-21-6-5-12(24)7-11(21)3-4-13-18-14-8-15(14)20(17(26)10-23)22(18,2)9-16(25)19(13)21/h7,13-16,18-20,23,25H,3-6,8-10H2,1-2H3/t13-,14-,15+,16-,18+,19+,20+,21-,22-/m0/s1. The van der Waals surface area contributed by atoms with Crippen molar-refractivity contribution in [1.82, 2.24) is 0 Å². The first-order chi connectivity index (χ1) is 12.3. The molecule has 26 heavy (non-hydrogen) atoms. The lowest BCUT2D eigenvalue weighted by atomic mass is 9.45. The number of ketones is 2. The second-order valence-corrected chi connectivity index (χ2v) is 10.3. The summed E-state index contributed by atoms with van der Waals surface area (Å²) in [4.78, 5) is 24.5. The van der Waals surface area contributed by atoms with E-state index in [1.807, 2.05) is 6.08 Å². The fourth-order valence-electron chi connectivity index (χ4n) is 8.37. The summed E-state index contributed by atoms with van der Waals surface area (Å²) in [6.07, 6.45) is 6.66. The maximum atomic E-state index is 12.5. The summed E-state index contributed by atoms with van der Waals surface area (Å²) in [6, 6.07) is 0. The zero-order valence-corrected chi connectivity index (χ0v) is 15.8. The Labute approximate surface area is 155 Å². The predicted octanol–water partition coefficient (Wildman–Crippen LogP) is 2.52. The van der Waals surface area contributed by atoms with Crippen LogP contribution in [0.25, 0.3) is 0 Å². The van der Waals surface area contributed by atoms with Gasteiger partial charge in [-0.25, -0.2) is 0 Å². The molecule has 4 nitrogen and oxygen atoms in total. The van der Waals surface area contributed by atoms with Crippen LogP contribution in [0.4, 0.5) is 0 Å². The van der Waals surface area contributed by atoms with Crippen molar-refractivity contribution in [2.45, 2.75) is 58.5 Å². The van der Waals surface area contributed by atoms with Gasteiger partial charge in [0.1, 0.15) is 6.61 Å². The number of carbonyl (C=O) groups excluding carboxylic acids is 2. The molecule has 0 radical (unpaired) electrons. The molecule has 0 heterocycles. The van der Waals surface area contributed by atoms with E-state index in [2.05, 4.69) is 13.8 Å². The molecule has 0 aromatic carbocycles. The van der Waals surface area contributed by atoms with Crippen molar-refractivity contribution in [3.63, 3.8) is 0 Å². The number of allylic oxidation sites excluding steroid dienone is 1. The van der Waals surface area contributed by atoms with E-state index >= 15 is 0 Å². The van der Waals surface area contributed by atoms with Gasteiger partial charge in [0.15, 0.2) is 11.6 Å². The molecule has 4 heteroatoms. The number of hydrogen-bond acceptors (Lipinski definition) is 4. The maximum absolute atomic E-state index is 12.5. The Balaban J connectivity index is 1.55. The molecule has 4 fully saturated rings. The molecule has 142 valence electrons. The van der Waals surface area contributed by atoms with Gasteiger partial charge in [0.2, 0.25) is 0 Å². The van der Waals surface area contributed by atoms with Crippen LogP contribution < -0.4 is 0 Å². The summed E-state index contributed by atoms with van der Waals surface area (Å²) >= 11 is 0. The van der Waals surface area contributed by atoms with Crippen molar-refractivity contribution >= 4 is 11.6 Å². The first-order valence-electron chi connectivity index (χ1n) is 10.4. The van der Waals surface area contributed by atoms with E-state index in [9.17, 15) is 19.8 Å². The van der Waals surface area contributed by atoms with Crippen molar-refractivity contribution in [3.05, 3.63) is 11.6 Å². The fourth-order valence-corrected chi connectivity index (χ4v) is 8.37. The Hall–Kier alpha value is -1.00. The van der Waals surface area contributed by atoms with Crippen LogP contribution in [0.2, 0.25) is 0 Å². The fraction of sp³-hybridized carbons (Fsp3) is 0.818. The van der Waals surface area contributed by atoms with E-state index in [-0.39, 0.29) is 40.8 Å². The average molecular weight is 358 g/mol. The third-order valence-corrected chi connectivity index (χ3v) is 9.18. The second-order valence-electron chi connectivity index (χ2n) is 10.3. The van der Waals surface area contributed by atoms with Gasteiger partial charge >= 0.3 is 0 Å². The number of aliphatic hydroxyl groups excluding tert-OH is 2. The number of aliphatic hydroxyl groups is 2. The number of rotatable bonds is 2. The van der Waals surface area contributed by atoms with Gasteiger partial charge in [-0.2, -0.15) is 0 Å². The highest BCUT2D eigenvalue weighted by Crippen LogP contribution is 2.75. The molecule has 0 spiro atoms. The van der Waals surface area contributed by atoms with Crippen LogP contribution in [-0.2, 0) is 9.59 Å². The zero-order valence-electron chi connectivity index (χ0n) is 15.8. The van der Waals surface area contributed by atoms with Crippen LogP contribution in [0.5, 0.6) is 0 Å². The minimum Gasteiger partial charge on any atom is -0.393 e. The van der Waals surface area contributed by atoms with Gasteiger partial charge in [0.05, 0.1) is 6.10 Å². The molecule has 0 unspecified atom stereocenters. The molecule has 0 amide bonds. The molecule has 0 bridgehead atoms. The van der Waals surface area contributed by atoms with E-state index in [1.165, 1.54) is 5.57 Å². The highest BCUT2D eigenvalue weighted by molar-refractivity contribution is 5.91. The smallest absolute Gasteiger partial charge is 0.162 e. The van der Waals surface area contributed by atoms with Gasteiger partial charge in [-0.3, -0.25) is 9.59 Å². The monoisotopic (exact) mass is 358 g/mol. The summed E-state index contributed by atoms with van der Waals surface area (Å²) in [5.41, 5.74) is 1.02. The first-order valence-corrected chi connectivity index (χ1v) is 10.4. The van der Waals surface area contributed by atoms with Gasteiger partial charge in [-0.15, -0.1) is 0 Å². The highest BCUT2D eigenvalue weighted by atomic mass is 16.3. The lowest BCUT2D eigenvalue weighted by Crippen LogP contribution is -2.58. The zero-order chi connectivity index (χ0) is 18.4. The molecule has 5 aliphatic rings. The van der Waals surface area contributed by atoms with E-state index in [1.54, 1.807) is 0 Å². The van der Waals surface area contributed by atoms with Crippen LogP contribution >= 0.6 is 0 Å². The summed E-state index contributed by atoms with van der Waals surface area (Å²) in [6.45, 7) is 4.11. The molecule has 9 atom stereocenters. The molecule has 0 saturated heterocycles. The van der Waals surface area contributed by atoms with Crippen molar-refractivity contribution in [2.24, 2.45) is 46.3 Å².